The number of sulfonamides is 1. The quantitative estimate of drug-likeness (QED) is 0.702. The Kier molecular flexibility index (Phi) is 4.77. The minimum absolute atomic E-state index is 0.0379. The van der Waals surface area contributed by atoms with Gasteiger partial charge in [-0.05, 0) is 12.1 Å². The van der Waals surface area contributed by atoms with Gasteiger partial charge in [0.15, 0.2) is 6.61 Å². The summed E-state index contributed by atoms with van der Waals surface area (Å²) in [5, 5.41) is 8.69. The van der Waals surface area contributed by atoms with Crippen LogP contribution in [-0.2, 0) is 14.8 Å². The molecule has 3 amide bonds. The van der Waals surface area contributed by atoms with Crippen LogP contribution in [0.15, 0.2) is 23.1 Å². The minimum atomic E-state index is -3.71. The molecule has 9 nitrogen and oxygen atoms in total. The van der Waals surface area contributed by atoms with Gasteiger partial charge in [-0.3, -0.25) is 14.6 Å². The van der Waals surface area contributed by atoms with E-state index in [4.69, 9.17) is 10.00 Å². The van der Waals surface area contributed by atoms with E-state index in [-0.39, 0.29) is 29.5 Å². The van der Waals surface area contributed by atoms with E-state index < -0.39 is 22.0 Å². The molecule has 0 N–H and O–H groups in total. The summed E-state index contributed by atoms with van der Waals surface area (Å²) in [6, 6.07) is 5.17. The molecule has 1 aliphatic rings. The number of imide groups is 1. The fourth-order valence-electron chi connectivity index (χ4n) is 2.10. The first kappa shape index (κ1) is 17.7. The third-order valence-electron chi connectivity index (χ3n) is 3.48. The Bertz CT molecular complexity index is 828. The summed E-state index contributed by atoms with van der Waals surface area (Å²) < 4.78 is 30.7. The van der Waals surface area contributed by atoms with Gasteiger partial charge in [-0.25, -0.2) is 17.5 Å². The number of benzene rings is 1. The average Bonchev–Trinajstić information content (AvgIpc) is 2.79. The van der Waals surface area contributed by atoms with Gasteiger partial charge >= 0.3 is 6.03 Å². The van der Waals surface area contributed by atoms with Crippen molar-refractivity contribution in [1.82, 2.24) is 9.21 Å². The van der Waals surface area contributed by atoms with Crippen LogP contribution >= 0.6 is 0 Å². The SMILES string of the molecule is CN1C(=O)CN(c2ccc(S(=O)(=O)N(C)C)cc2OCC#N)C1=O. The van der Waals surface area contributed by atoms with Crippen LogP contribution < -0.4 is 9.64 Å². The number of carbonyl (C=O) groups excluding carboxylic acids is 2. The summed E-state index contributed by atoms with van der Waals surface area (Å²) in [6.45, 7) is -0.512. The Morgan fingerprint density at radius 2 is 2.00 bits per heavy atom. The van der Waals surface area contributed by atoms with Crippen LogP contribution in [0.2, 0.25) is 0 Å². The number of anilines is 1. The molecule has 0 radical (unpaired) electrons. The van der Waals surface area contributed by atoms with Crippen LogP contribution in [0.4, 0.5) is 10.5 Å². The van der Waals surface area contributed by atoms with Gasteiger partial charge in [-0.1, -0.05) is 0 Å². The largest absolute Gasteiger partial charge is 0.477 e. The van der Waals surface area contributed by atoms with Gasteiger partial charge in [-0.15, -0.1) is 0 Å². The zero-order chi connectivity index (χ0) is 18.1. The van der Waals surface area contributed by atoms with Crippen molar-refractivity contribution >= 4 is 27.6 Å². The number of carbonyl (C=O) groups is 2. The van der Waals surface area contributed by atoms with Gasteiger partial charge < -0.3 is 4.74 Å². The summed E-state index contributed by atoms with van der Waals surface area (Å²) in [5.41, 5.74) is 0.227. The lowest BCUT2D eigenvalue weighted by Crippen LogP contribution is -2.30. The first-order chi connectivity index (χ1) is 11.2. The Balaban J connectivity index is 2.51. The number of nitriles is 1. The van der Waals surface area contributed by atoms with Gasteiger partial charge in [0.2, 0.25) is 15.9 Å². The van der Waals surface area contributed by atoms with Gasteiger partial charge in [0, 0.05) is 27.2 Å². The van der Waals surface area contributed by atoms with E-state index in [2.05, 4.69) is 0 Å². The van der Waals surface area contributed by atoms with Crippen LogP contribution in [0.1, 0.15) is 0 Å². The molecule has 0 atom stereocenters. The molecule has 0 unspecified atom stereocenters. The summed E-state index contributed by atoms with van der Waals surface area (Å²) in [6.07, 6.45) is 0. The smallest absolute Gasteiger partial charge is 0.331 e. The van der Waals surface area contributed by atoms with Crippen LogP contribution in [0.5, 0.6) is 5.75 Å². The lowest BCUT2D eigenvalue weighted by molar-refractivity contribution is -0.123. The van der Waals surface area contributed by atoms with E-state index >= 15 is 0 Å². The molecule has 1 aliphatic heterocycles. The predicted octanol–water partition coefficient (Wildman–Crippen LogP) is 0.238. The molecule has 1 fully saturated rings. The van der Waals surface area contributed by atoms with Gasteiger partial charge in [-0.2, -0.15) is 5.26 Å². The van der Waals surface area contributed by atoms with Gasteiger partial charge in [0.05, 0.1) is 10.6 Å². The number of rotatable bonds is 5. The highest BCUT2D eigenvalue weighted by molar-refractivity contribution is 7.89. The fraction of sp³-hybridized carbons (Fsp3) is 0.357. The first-order valence-electron chi connectivity index (χ1n) is 6.84. The highest BCUT2D eigenvalue weighted by atomic mass is 32.2. The van der Waals surface area contributed by atoms with E-state index in [0.717, 1.165) is 9.21 Å². The number of hydrogen-bond donors (Lipinski definition) is 0. The normalized spacial score (nSPS) is 15.1. The Hall–Kier alpha value is -2.64. The summed E-state index contributed by atoms with van der Waals surface area (Å²) in [4.78, 5) is 25.9. The van der Waals surface area contributed by atoms with Crippen molar-refractivity contribution in [2.24, 2.45) is 0 Å². The Labute approximate surface area is 139 Å². The molecule has 24 heavy (non-hydrogen) atoms. The predicted molar refractivity (Wildman–Crippen MR) is 83.9 cm³/mol. The molecule has 0 aliphatic carbocycles. The van der Waals surface area contributed by atoms with Crippen molar-refractivity contribution in [2.45, 2.75) is 4.90 Å². The molecular weight excluding hydrogens is 336 g/mol. The van der Waals surface area contributed by atoms with Gasteiger partial charge in [0.1, 0.15) is 18.4 Å². The molecule has 128 valence electrons. The van der Waals surface area contributed by atoms with E-state index in [1.165, 1.54) is 44.2 Å². The molecular formula is C14H16N4O5S. The number of hydrogen-bond acceptors (Lipinski definition) is 6. The van der Waals surface area contributed by atoms with E-state index in [0.29, 0.717) is 0 Å². The monoisotopic (exact) mass is 352 g/mol. The third kappa shape index (κ3) is 3.04. The molecule has 10 heteroatoms. The maximum absolute atomic E-state index is 12.2. The van der Waals surface area contributed by atoms with Crippen molar-refractivity contribution in [1.29, 1.82) is 5.26 Å². The van der Waals surface area contributed by atoms with E-state index in [1.807, 2.05) is 0 Å². The number of amides is 3. The first-order valence-corrected chi connectivity index (χ1v) is 8.28. The average molecular weight is 352 g/mol. The molecule has 0 bridgehead atoms. The summed E-state index contributed by atoms with van der Waals surface area (Å²) in [5.74, 6) is -0.354. The van der Waals surface area contributed by atoms with Crippen LogP contribution in [0.3, 0.4) is 0 Å². The second kappa shape index (κ2) is 6.46. The summed E-state index contributed by atoms with van der Waals surface area (Å²) >= 11 is 0. The molecule has 2 rings (SSSR count). The molecule has 1 aromatic rings. The minimum Gasteiger partial charge on any atom is -0.477 e. The number of nitrogens with zero attached hydrogens (tertiary/aromatic N) is 4. The second-order valence-corrected chi connectivity index (χ2v) is 7.34. The maximum atomic E-state index is 12.2. The molecule has 0 saturated carbocycles. The topological polar surface area (TPSA) is 111 Å². The highest BCUT2D eigenvalue weighted by Gasteiger charge is 2.36. The number of urea groups is 1. The standard InChI is InChI=1S/C14H16N4O5S/c1-16(2)24(21,22)10-4-5-11(12(8-10)23-7-6-15)18-9-13(19)17(3)14(18)20/h4-5,8H,7,9H2,1-3H3. The molecule has 0 aromatic heterocycles. The molecule has 1 heterocycles. The van der Waals surface area contributed by atoms with Crippen molar-refractivity contribution in [3.8, 4) is 11.8 Å². The Morgan fingerprint density at radius 1 is 1.33 bits per heavy atom. The van der Waals surface area contributed by atoms with Crippen LogP contribution in [0, 0.1) is 11.3 Å². The third-order valence-corrected chi connectivity index (χ3v) is 5.29. The fourth-order valence-corrected chi connectivity index (χ4v) is 3.02. The molecule has 1 saturated heterocycles. The number of ether oxygens (including phenoxy) is 1. The van der Waals surface area contributed by atoms with E-state index in [1.54, 1.807) is 6.07 Å². The Morgan fingerprint density at radius 3 is 2.50 bits per heavy atom. The lowest BCUT2D eigenvalue weighted by atomic mass is 10.2. The highest BCUT2D eigenvalue weighted by Crippen LogP contribution is 2.33. The van der Waals surface area contributed by atoms with E-state index in [9.17, 15) is 18.0 Å². The zero-order valence-corrected chi connectivity index (χ0v) is 14.2. The lowest BCUT2D eigenvalue weighted by Gasteiger charge is -2.20. The van der Waals surface area contributed by atoms with Gasteiger partial charge in [0.25, 0.3) is 0 Å². The van der Waals surface area contributed by atoms with Crippen molar-refractivity contribution < 1.29 is 22.7 Å². The zero-order valence-electron chi connectivity index (χ0n) is 13.4. The molecule has 0 spiro atoms. The summed E-state index contributed by atoms with van der Waals surface area (Å²) in [7, 11) is 0.414. The van der Waals surface area contributed by atoms with Crippen LogP contribution in [0.25, 0.3) is 0 Å². The van der Waals surface area contributed by atoms with Crippen molar-refractivity contribution in [2.75, 3.05) is 39.2 Å². The molecule has 1 aromatic carbocycles. The number of likely N-dealkylation sites (N-methyl/N-ethyl adjacent to an activating group) is 1. The van der Waals surface area contributed by atoms with Crippen molar-refractivity contribution in [3.63, 3.8) is 0 Å². The van der Waals surface area contributed by atoms with Crippen LogP contribution in [-0.4, -0.2) is 63.9 Å². The maximum Gasteiger partial charge on any atom is 0.331 e. The second-order valence-electron chi connectivity index (χ2n) is 5.19. The van der Waals surface area contributed by atoms with Crippen molar-refractivity contribution in [3.05, 3.63) is 18.2 Å².